The number of fused-ring (bicyclic) bond motifs is 1. The lowest BCUT2D eigenvalue weighted by molar-refractivity contribution is -0.135. The fraction of sp³-hybridized carbons (Fsp3) is 0.273. The van der Waals surface area contributed by atoms with Crippen LogP contribution in [0.3, 0.4) is 0 Å². The van der Waals surface area contributed by atoms with Crippen LogP contribution >= 0.6 is 0 Å². The van der Waals surface area contributed by atoms with Gasteiger partial charge in [-0.3, -0.25) is 0 Å². The van der Waals surface area contributed by atoms with Crippen LogP contribution in [0.15, 0.2) is 29.4 Å². The van der Waals surface area contributed by atoms with Crippen molar-refractivity contribution in [3.8, 4) is 5.75 Å². The van der Waals surface area contributed by atoms with Gasteiger partial charge in [0, 0.05) is 12.0 Å². The number of carbonyl (C=O) groups is 1. The highest BCUT2D eigenvalue weighted by atomic mass is 16.6. The van der Waals surface area contributed by atoms with Crippen LogP contribution in [0.2, 0.25) is 0 Å². The highest BCUT2D eigenvalue weighted by Crippen LogP contribution is 2.22. The van der Waals surface area contributed by atoms with Crippen LogP contribution < -0.4 is 4.84 Å². The third-order valence-electron chi connectivity index (χ3n) is 2.10. The van der Waals surface area contributed by atoms with Crippen molar-refractivity contribution in [2.24, 2.45) is 5.16 Å². The lowest BCUT2D eigenvalue weighted by Gasteiger charge is -2.13. The molecule has 0 unspecified atom stereocenters. The number of ether oxygens (including phenoxy) is 1. The second kappa shape index (κ2) is 4.13. The Kier molecular flexibility index (Phi) is 2.67. The van der Waals surface area contributed by atoms with Crippen molar-refractivity contribution < 1.29 is 14.4 Å². The molecule has 4 heteroatoms. The number of oxime groups is 1. The Labute approximate surface area is 87.5 Å². The van der Waals surface area contributed by atoms with Crippen LogP contribution in [0, 0.1) is 0 Å². The molecule has 1 aromatic rings. The van der Waals surface area contributed by atoms with E-state index in [4.69, 9.17) is 9.57 Å². The molecule has 15 heavy (non-hydrogen) atoms. The van der Waals surface area contributed by atoms with Gasteiger partial charge in [0.15, 0.2) is 11.5 Å². The van der Waals surface area contributed by atoms with Crippen molar-refractivity contribution in [1.29, 1.82) is 0 Å². The van der Waals surface area contributed by atoms with E-state index in [1.165, 1.54) is 0 Å². The monoisotopic (exact) mass is 205 g/mol. The van der Waals surface area contributed by atoms with Gasteiger partial charge in [-0.2, -0.15) is 0 Å². The first-order valence-electron chi connectivity index (χ1n) is 4.80. The van der Waals surface area contributed by atoms with Crippen molar-refractivity contribution >= 4 is 11.7 Å². The molecule has 0 atom stereocenters. The van der Waals surface area contributed by atoms with Crippen molar-refractivity contribution in [3.05, 3.63) is 29.8 Å². The fourth-order valence-electron chi connectivity index (χ4n) is 1.38. The molecule has 0 saturated heterocycles. The molecule has 0 spiro atoms. The summed E-state index contributed by atoms with van der Waals surface area (Å²) in [5.74, 6) is 0.289. The molecule has 0 bridgehead atoms. The van der Waals surface area contributed by atoms with Gasteiger partial charge in [-0.25, -0.2) is 4.79 Å². The standard InChI is InChI=1S/C11H11NO3/c1-2-14-11(13)9-7-8-5-3-4-6-10(8)15-12-9/h3-6H,2,7H2,1H3. The number of hydrogen-bond donors (Lipinski definition) is 0. The fourth-order valence-corrected chi connectivity index (χ4v) is 1.38. The first-order chi connectivity index (χ1) is 7.31. The van der Waals surface area contributed by atoms with Crippen molar-refractivity contribution in [3.63, 3.8) is 0 Å². The Hall–Kier alpha value is -1.84. The maximum Gasteiger partial charge on any atom is 0.356 e. The molecule has 0 fully saturated rings. The SMILES string of the molecule is CCOC(=O)C1=NOc2ccccc2C1. The van der Waals surface area contributed by atoms with E-state index in [0.29, 0.717) is 24.5 Å². The number of para-hydroxylation sites is 1. The molecule has 1 aliphatic heterocycles. The average molecular weight is 205 g/mol. The smallest absolute Gasteiger partial charge is 0.356 e. The number of nitrogens with zero attached hydrogens (tertiary/aromatic N) is 1. The topological polar surface area (TPSA) is 47.9 Å². The molecule has 0 N–H and O–H groups in total. The number of benzene rings is 1. The molecule has 0 amide bonds. The van der Waals surface area contributed by atoms with E-state index in [1.54, 1.807) is 6.92 Å². The van der Waals surface area contributed by atoms with Crippen LogP contribution in [0.25, 0.3) is 0 Å². The van der Waals surface area contributed by atoms with Crippen molar-refractivity contribution in [2.75, 3.05) is 6.61 Å². The highest BCUT2D eigenvalue weighted by Gasteiger charge is 2.20. The van der Waals surface area contributed by atoms with E-state index in [0.717, 1.165) is 5.56 Å². The van der Waals surface area contributed by atoms with Gasteiger partial charge >= 0.3 is 5.97 Å². The lowest BCUT2D eigenvalue weighted by atomic mass is 10.1. The quantitative estimate of drug-likeness (QED) is 0.688. The summed E-state index contributed by atoms with van der Waals surface area (Å²) in [7, 11) is 0. The van der Waals surface area contributed by atoms with E-state index in [9.17, 15) is 4.79 Å². The summed E-state index contributed by atoms with van der Waals surface area (Å²) in [6, 6.07) is 7.49. The Balaban J connectivity index is 2.16. The maximum absolute atomic E-state index is 11.4. The van der Waals surface area contributed by atoms with E-state index in [2.05, 4.69) is 5.16 Å². The second-order valence-corrected chi connectivity index (χ2v) is 3.13. The summed E-state index contributed by atoms with van der Waals surface area (Å²) < 4.78 is 4.85. The first-order valence-corrected chi connectivity index (χ1v) is 4.80. The van der Waals surface area contributed by atoms with E-state index >= 15 is 0 Å². The zero-order chi connectivity index (χ0) is 10.7. The largest absolute Gasteiger partial charge is 0.461 e. The Morgan fingerprint density at radius 3 is 3.13 bits per heavy atom. The third kappa shape index (κ3) is 1.98. The first kappa shape index (κ1) is 9.71. The number of hydrogen-bond acceptors (Lipinski definition) is 4. The molecule has 1 heterocycles. The van der Waals surface area contributed by atoms with Gasteiger partial charge < -0.3 is 9.57 Å². The molecule has 0 saturated carbocycles. The summed E-state index contributed by atoms with van der Waals surface area (Å²) in [6.45, 7) is 2.11. The maximum atomic E-state index is 11.4. The molecule has 0 radical (unpaired) electrons. The Morgan fingerprint density at radius 1 is 1.53 bits per heavy atom. The normalized spacial score (nSPS) is 13.5. The van der Waals surface area contributed by atoms with Crippen LogP contribution in [-0.4, -0.2) is 18.3 Å². The molecule has 78 valence electrons. The van der Waals surface area contributed by atoms with Gasteiger partial charge in [-0.05, 0) is 13.0 Å². The van der Waals surface area contributed by atoms with Crippen molar-refractivity contribution in [2.45, 2.75) is 13.3 Å². The van der Waals surface area contributed by atoms with Gasteiger partial charge in [0.25, 0.3) is 0 Å². The average Bonchev–Trinajstić information content (AvgIpc) is 2.29. The van der Waals surface area contributed by atoms with Crippen LogP contribution in [0.5, 0.6) is 5.75 Å². The minimum atomic E-state index is -0.410. The molecule has 0 aliphatic carbocycles. The zero-order valence-corrected chi connectivity index (χ0v) is 8.40. The molecule has 1 aliphatic rings. The van der Waals surface area contributed by atoms with Crippen LogP contribution in [0.1, 0.15) is 12.5 Å². The minimum absolute atomic E-state index is 0.315. The summed E-state index contributed by atoms with van der Waals surface area (Å²) in [5, 5.41) is 3.73. The Morgan fingerprint density at radius 2 is 2.33 bits per heavy atom. The van der Waals surface area contributed by atoms with Gasteiger partial charge in [-0.1, -0.05) is 23.4 Å². The summed E-state index contributed by atoms with van der Waals surface area (Å²) >= 11 is 0. The molecular weight excluding hydrogens is 194 g/mol. The number of esters is 1. The molecule has 0 aromatic heterocycles. The molecule has 1 aromatic carbocycles. The number of rotatable bonds is 2. The highest BCUT2D eigenvalue weighted by molar-refractivity contribution is 6.37. The van der Waals surface area contributed by atoms with Crippen LogP contribution in [0.4, 0.5) is 0 Å². The van der Waals surface area contributed by atoms with Gasteiger partial charge in [0.2, 0.25) is 0 Å². The summed E-state index contributed by atoms with van der Waals surface area (Å²) in [4.78, 5) is 16.5. The van der Waals surface area contributed by atoms with E-state index < -0.39 is 5.97 Å². The molecule has 2 rings (SSSR count). The van der Waals surface area contributed by atoms with Crippen molar-refractivity contribution in [1.82, 2.24) is 0 Å². The zero-order valence-electron chi connectivity index (χ0n) is 8.40. The van der Waals surface area contributed by atoms with Gasteiger partial charge in [0.1, 0.15) is 0 Å². The van der Waals surface area contributed by atoms with E-state index in [-0.39, 0.29) is 0 Å². The van der Waals surface area contributed by atoms with Gasteiger partial charge in [-0.15, -0.1) is 0 Å². The second-order valence-electron chi connectivity index (χ2n) is 3.13. The third-order valence-corrected chi connectivity index (χ3v) is 2.10. The molecule has 4 nitrogen and oxygen atoms in total. The Bertz CT molecular complexity index is 412. The molecular formula is C11H11NO3. The van der Waals surface area contributed by atoms with Crippen LogP contribution in [-0.2, 0) is 16.0 Å². The predicted molar refractivity (Wildman–Crippen MR) is 54.8 cm³/mol. The summed E-state index contributed by atoms with van der Waals surface area (Å²) in [5.41, 5.74) is 1.27. The van der Waals surface area contributed by atoms with Gasteiger partial charge in [0.05, 0.1) is 6.61 Å². The summed E-state index contributed by atoms with van der Waals surface area (Å²) in [6.07, 6.45) is 0.467. The lowest BCUT2D eigenvalue weighted by Crippen LogP contribution is -2.23. The number of carbonyl (C=O) groups excluding carboxylic acids is 1. The van der Waals surface area contributed by atoms with E-state index in [1.807, 2.05) is 24.3 Å². The minimum Gasteiger partial charge on any atom is -0.461 e. The predicted octanol–water partition coefficient (Wildman–Crippen LogP) is 1.54.